The Balaban J connectivity index is 2.11. The standard InChI is InChI=1S/C12H16Cl2IN3O/c1-2-3-8-4-10(19)17(5-8)6-9-11(13)16-12(14)18(9)7-15/h8H,2-7H2,1H3. The first kappa shape index (κ1) is 15.4. The molecule has 1 aliphatic rings. The lowest BCUT2D eigenvalue weighted by molar-refractivity contribution is -0.128. The molecule has 1 aromatic heterocycles. The van der Waals surface area contributed by atoms with E-state index in [1.54, 1.807) is 0 Å². The molecule has 2 heterocycles. The minimum absolute atomic E-state index is 0.201. The van der Waals surface area contributed by atoms with E-state index in [0.717, 1.165) is 25.1 Å². The quantitative estimate of drug-likeness (QED) is 0.542. The highest BCUT2D eigenvalue weighted by atomic mass is 127. The highest BCUT2D eigenvalue weighted by Gasteiger charge is 2.30. The van der Waals surface area contributed by atoms with Crippen LogP contribution in [0.2, 0.25) is 10.4 Å². The van der Waals surface area contributed by atoms with Crippen LogP contribution in [-0.4, -0.2) is 26.9 Å². The lowest BCUT2D eigenvalue weighted by Gasteiger charge is -2.17. The number of nitrogens with zero attached hydrogens (tertiary/aromatic N) is 3. The Morgan fingerprint density at radius 2 is 2.21 bits per heavy atom. The monoisotopic (exact) mass is 415 g/mol. The minimum Gasteiger partial charge on any atom is -0.336 e. The number of carbonyl (C=O) groups excluding carboxylic acids is 1. The maximum absolute atomic E-state index is 12.0. The molecule has 1 atom stereocenters. The molecule has 0 N–H and O–H groups in total. The second kappa shape index (κ2) is 6.63. The van der Waals surface area contributed by atoms with Crippen molar-refractivity contribution in [3.63, 3.8) is 0 Å². The third-order valence-electron chi connectivity index (χ3n) is 3.43. The van der Waals surface area contributed by atoms with Crippen molar-refractivity contribution >= 4 is 51.7 Å². The smallest absolute Gasteiger partial charge is 0.223 e. The molecule has 4 nitrogen and oxygen atoms in total. The van der Waals surface area contributed by atoms with E-state index < -0.39 is 0 Å². The summed E-state index contributed by atoms with van der Waals surface area (Å²) in [6.07, 6.45) is 2.86. The number of halogens is 3. The normalized spacial score (nSPS) is 19.5. The van der Waals surface area contributed by atoms with E-state index in [1.807, 2.05) is 9.47 Å². The number of imidazole rings is 1. The fourth-order valence-corrected chi connectivity index (χ4v) is 3.96. The summed E-state index contributed by atoms with van der Waals surface area (Å²) in [6, 6.07) is 0. The molecule has 106 valence electrons. The number of carbonyl (C=O) groups is 1. The first-order chi connectivity index (χ1) is 9.06. The van der Waals surface area contributed by atoms with Gasteiger partial charge < -0.3 is 9.47 Å². The average Bonchev–Trinajstić information content (AvgIpc) is 2.82. The second-order valence-electron chi connectivity index (χ2n) is 4.80. The largest absolute Gasteiger partial charge is 0.336 e. The topological polar surface area (TPSA) is 38.1 Å². The van der Waals surface area contributed by atoms with Crippen molar-refractivity contribution in [1.82, 2.24) is 14.5 Å². The SMILES string of the molecule is CCCC1CC(=O)N(Cc2c(Cl)nc(Cl)n2CI)C1. The molecule has 1 aromatic rings. The van der Waals surface area contributed by atoms with Gasteiger partial charge in [-0.25, -0.2) is 4.98 Å². The van der Waals surface area contributed by atoms with Crippen molar-refractivity contribution in [2.75, 3.05) is 6.54 Å². The summed E-state index contributed by atoms with van der Waals surface area (Å²) in [7, 11) is 0. The Kier molecular flexibility index (Phi) is 5.37. The van der Waals surface area contributed by atoms with Gasteiger partial charge in [-0.2, -0.15) is 0 Å². The van der Waals surface area contributed by atoms with Crippen molar-refractivity contribution in [3.8, 4) is 0 Å². The van der Waals surface area contributed by atoms with E-state index >= 15 is 0 Å². The Bertz CT molecular complexity index is 478. The molecule has 1 saturated heterocycles. The van der Waals surface area contributed by atoms with Crippen LogP contribution < -0.4 is 0 Å². The molecule has 0 aliphatic carbocycles. The van der Waals surface area contributed by atoms with Gasteiger partial charge in [-0.15, -0.1) is 0 Å². The summed E-state index contributed by atoms with van der Waals surface area (Å²) in [5.41, 5.74) is 0.826. The van der Waals surface area contributed by atoms with Crippen molar-refractivity contribution in [2.24, 2.45) is 5.92 Å². The molecule has 1 amide bonds. The summed E-state index contributed by atoms with van der Waals surface area (Å²) in [4.78, 5) is 17.9. The number of hydrogen-bond donors (Lipinski definition) is 0. The van der Waals surface area contributed by atoms with Crippen molar-refractivity contribution in [2.45, 2.75) is 37.3 Å². The number of alkyl halides is 1. The van der Waals surface area contributed by atoms with Crippen molar-refractivity contribution in [3.05, 3.63) is 16.1 Å². The highest BCUT2D eigenvalue weighted by Crippen LogP contribution is 2.28. The van der Waals surface area contributed by atoms with Gasteiger partial charge in [0.2, 0.25) is 11.2 Å². The maximum atomic E-state index is 12.0. The molecule has 2 rings (SSSR count). The fraction of sp³-hybridized carbons (Fsp3) is 0.667. The number of rotatable bonds is 5. The van der Waals surface area contributed by atoms with Gasteiger partial charge in [0.25, 0.3) is 0 Å². The Labute approximate surface area is 136 Å². The predicted molar refractivity (Wildman–Crippen MR) is 84.7 cm³/mol. The molecular weight excluding hydrogens is 400 g/mol. The molecule has 0 bridgehead atoms. The zero-order chi connectivity index (χ0) is 14.0. The fourth-order valence-electron chi connectivity index (χ4n) is 2.49. The second-order valence-corrected chi connectivity index (χ2v) is 6.18. The lowest BCUT2D eigenvalue weighted by Crippen LogP contribution is -2.26. The van der Waals surface area contributed by atoms with E-state index in [-0.39, 0.29) is 5.91 Å². The number of amides is 1. The first-order valence-electron chi connectivity index (χ1n) is 6.31. The van der Waals surface area contributed by atoms with Crippen LogP contribution in [0.5, 0.6) is 0 Å². The lowest BCUT2D eigenvalue weighted by atomic mass is 10.0. The minimum atomic E-state index is 0.201. The van der Waals surface area contributed by atoms with Crippen molar-refractivity contribution < 1.29 is 4.79 Å². The zero-order valence-electron chi connectivity index (χ0n) is 10.7. The molecule has 19 heavy (non-hydrogen) atoms. The van der Waals surface area contributed by atoms with E-state index in [2.05, 4.69) is 34.5 Å². The van der Waals surface area contributed by atoms with Gasteiger partial charge in [0.05, 0.1) is 16.8 Å². The average molecular weight is 416 g/mol. The van der Waals surface area contributed by atoms with E-state index in [0.29, 0.717) is 33.9 Å². The summed E-state index contributed by atoms with van der Waals surface area (Å²) in [5.74, 6) is 0.676. The first-order valence-corrected chi connectivity index (χ1v) is 8.59. The molecule has 1 aliphatic heterocycles. The summed E-state index contributed by atoms with van der Waals surface area (Å²) < 4.78 is 2.51. The summed E-state index contributed by atoms with van der Waals surface area (Å²) in [5, 5.41) is 0.777. The summed E-state index contributed by atoms with van der Waals surface area (Å²) >= 11 is 14.3. The molecule has 1 unspecified atom stereocenters. The number of likely N-dealkylation sites (tertiary alicyclic amines) is 1. The van der Waals surface area contributed by atoms with Crippen LogP contribution in [-0.2, 0) is 15.9 Å². The van der Waals surface area contributed by atoms with Gasteiger partial charge in [-0.1, -0.05) is 47.5 Å². The molecule has 0 spiro atoms. The van der Waals surface area contributed by atoms with Gasteiger partial charge in [-0.05, 0) is 23.9 Å². The van der Waals surface area contributed by atoms with Crippen LogP contribution in [0.15, 0.2) is 0 Å². The number of aromatic nitrogens is 2. The molecule has 0 saturated carbocycles. The third-order valence-corrected chi connectivity index (χ3v) is 4.70. The van der Waals surface area contributed by atoms with Crippen LogP contribution in [0.3, 0.4) is 0 Å². The highest BCUT2D eigenvalue weighted by molar-refractivity contribution is 14.1. The Hall–Kier alpha value is -0.0100. The molecular formula is C12H16Cl2IN3O. The van der Waals surface area contributed by atoms with Crippen LogP contribution in [0.1, 0.15) is 31.9 Å². The van der Waals surface area contributed by atoms with Crippen LogP contribution >= 0.6 is 45.8 Å². The van der Waals surface area contributed by atoms with Gasteiger partial charge >= 0.3 is 0 Å². The van der Waals surface area contributed by atoms with Crippen LogP contribution in [0.25, 0.3) is 0 Å². The molecule has 7 heteroatoms. The van der Waals surface area contributed by atoms with Gasteiger partial charge in [0.15, 0.2) is 5.15 Å². The molecule has 0 radical (unpaired) electrons. The Morgan fingerprint density at radius 1 is 1.47 bits per heavy atom. The van der Waals surface area contributed by atoms with Crippen LogP contribution in [0.4, 0.5) is 0 Å². The van der Waals surface area contributed by atoms with Crippen molar-refractivity contribution in [1.29, 1.82) is 0 Å². The van der Waals surface area contributed by atoms with Gasteiger partial charge in [-0.3, -0.25) is 4.79 Å². The zero-order valence-corrected chi connectivity index (χ0v) is 14.4. The predicted octanol–water partition coefficient (Wildman–Crippen LogP) is 3.73. The number of hydrogen-bond acceptors (Lipinski definition) is 2. The van der Waals surface area contributed by atoms with Gasteiger partial charge in [0.1, 0.15) is 0 Å². The summed E-state index contributed by atoms with van der Waals surface area (Å²) in [6.45, 7) is 3.46. The van der Waals surface area contributed by atoms with Gasteiger partial charge in [0, 0.05) is 13.0 Å². The maximum Gasteiger partial charge on any atom is 0.223 e. The van der Waals surface area contributed by atoms with Crippen LogP contribution in [0, 0.1) is 5.92 Å². The van der Waals surface area contributed by atoms with E-state index in [4.69, 9.17) is 23.2 Å². The van der Waals surface area contributed by atoms with E-state index in [1.165, 1.54) is 0 Å². The molecule has 0 aromatic carbocycles. The van der Waals surface area contributed by atoms with E-state index in [9.17, 15) is 4.79 Å². The third kappa shape index (κ3) is 3.36. The molecule has 1 fully saturated rings. The Morgan fingerprint density at radius 3 is 2.84 bits per heavy atom.